The van der Waals surface area contributed by atoms with Crippen LogP contribution >= 0.6 is 11.3 Å². The third-order valence-electron chi connectivity index (χ3n) is 5.24. The molecule has 164 valence electrons. The summed E-state index contributed by atoms with van der Waals surface area (Å²) < 4.78 is 0. The van der Waals surface area contributed by atoms with Crippen LogP contribution in [0.25, 0.3) is 11.4 Å². The minimum atomic E-state index is -0.0199. The average molecular weight is 449 g/mol. The van der Waals surface area contributed by atoms with Gasteiger partial charge in [-0.05, 0) is 36.2 Å². The Balaban J connectivity index is 1.45. The first-order chi connectivity index (χ1) is 15.6. The summed E-state index contributed by atoms with van der Waals surface area (Å²) in [5.41, 5.74) is 6.05. The molecule has 0 bridgehead atoms. The van der Waals surface area contributed by atoms with Gasteiger partial charge >= 0.3 is 6.03 Å². The van der Waals surface area contributed by atoms with E-state index in [1.807, 2.05) is 11.0 Å². The maximum Gasteiger partial charge on any atom is 0.317 e. The van der Waals surface area contributed by atoms with Gasteiger partial charge in [0.1, 0.15) is 16.6 Å². The zero-order chi connectivity index (χ0) is 22.5. The first kappa shape index (κ1) is 21.7. The maximum absolute atomic E-state index is 11.8. The highest BCUT2D eigenvalue weighted by Crippen LogP contribution is 2.25. The number of aromatic nitrogens is 3. The van der Waals surface area contributed by atoms with Crippen molar-refractivity contribution in [2.75, 3.05) is 38.5 Å². The summed E-state index contributed by atoms with van der Waals surface area (Å²) in [5.74, 6) is 0.454. The van der Waals surface area contributed by atoms with Crippen LogP contribution in [0.3, 0.4) is 0 Å². The first-order valence-electron chi connectivity index (χ1n) is 10.3. The molecule has 1 aliphatic heterocycles. The van der Waals surface area contributed by atoms with Crippen LogP contribution in [0, 0.1) is 18.3 Å². The van der Waals surface area contributed by atoms with Gasteiger partial charge in [-0.15, -0.1) is 11.3 Å². The molecule has 4 rings (SSSR count). The quantitative estimate of drug-likeness (QED) is 0.617. The van der Waals surface area contributed by atoms with Gasteiger partial charge in [0.2, 0.25) is 5.95 Å². The summed E-state index contributed by atoms with van der Waals surface area (Å²) in [6.07, 6.45) is 1.66. The number of hydrogen-bond acceptors (Lipinski definition) is 8. The number of amides is 2. The Morgan fingerprint density at radius 2 is 2.03 bits per heavy atom. The van der Waals surface area contributed by atoms with E-state index in [2.05, 4.69) is 55.6 Å². The summed E-state index contributed by atoms with van der Waals surface area (Å²) in [5, 5.41) is 15.2. The molecule has 2 amide bonds. The molecule has 1 saturated heterocycles. The molecule has 1 aliphatic rings. The molecule has 10 heteroatoms. The third-order valence-corrected chi connectivity index (χ3v) is 5.97. The second kappa shape index (κ2) is 9.72. The second-order valence-corrected chi connectivity index (χ2v) is 8.41. The van der Waals surface area contributed by atoms with E-state index in [-0.39, 0.29) is 6.03 Å². The van der Waals surface area contributed by atoms with E-state index >= 15 is 0 Å². The number of nitrogens with zero attached hydrogens (tertiary/aromatic N) is 6. The van der Waals surface area contributed by atoms with Crippen molar-refractivity contribution in [1.82, 2.24) is 30.1 Å². The van der Waals surface area contributed by atoms with Crippen LogP contribution in [0.1, 0.15) is 16.0 Å². The molecule has 0 unspecified atom stereocenters. The molecular formula is C22H24N8OS. The molecule has 3 heterocycles. The predicted octanol–water partition coefficient (Wildman–Crippen LogP) is 2.98. The number of piperazine rings is 1. The van der Waals surface area contributed by atoms with E-state index in [0.29, 0.717) is 22.2 Å². The maximum atomic E-state index is 11.8. The molecule has 0 radical (unpaired) electrons. The third kappa shape index (κ3) is 5.01. The molecule has 3 aromatic rings. The van der Waals surface area contributed by atoms with Gasteiger partial charge in [0.15, 0.2) is 0 Å². The Kier molecular flexibility index (Phi) is 6.58. The SMILES string of the molecule is CNC(=O)N1CCN(Cc2cc(C)cc(Nc3nccc(-c4ncsc4C#N)n3)c2)CC1. The van der Waals surface area contributed by atoms with E-state index in [0.717, 1.165) is 44.0 Å². The molecule has 0 spiro atoms. The Labute approximate surface area is 190 Å². The average Bonchev–Trinajstić information content (AvgIpc) is 3.28. The number of nitriles is 1. The van der Waals surface area contributed by atoms with Crippen molar-refractivity contribution >= 4 is 29.0 Å². The second-order valence-electron chi connectivity index (χ2n) is 7.56. The highest BCUT2D eigenvalue weighted by Gasteiger charge is 2.20. The lowest BCUT2D eigenvalue weighted by molar-refractivity contribution is 0.136. The summed E-state index contributed by atoms with van der Waals surface area (Å²) in [6, 6.07) is 10.2. The largest absolute Gasteiger partial charge is 0.341 e. The standard InChI is InChI=1S/C22H24N8OS/c1-15-9-16(13-29-5-7-30(8-6-29)22(31)24-2)11-17(10-15)27-21-25-4-3-18(28-21)20-19(12-23)32-14-26-20/h3-4,9-11,14H,5-8,13H2,1-2H3,(H,24,31)(H,25,27,28). The number of anilines is 2. The summed E-state index contributed by atoms with van der Waals surface area (Å²) in [6.45, 7) is 5.98. The minimum absolute atomic E-state index is 0.0199. The zero-order valence-corrected chi connectivity index (χ0v) is 18.8. The number of nitrogens with one attached hydrogen (secondary N) is 2. The van der Waals surface area contributed by atoms with E-state index in [1.54, 1.807) is 24.8 Å². The zero-order valence-electron chi connectivity index (χ0n) is 18.0. The van der Waals surface area contributed by atoms with Crippen LogP contribution < -0.4 is 10.6 Å². The molecule has 32 heavy (non-hydrogen) atoms. The van der Waals surface area contributed by atoms with Crippen molar-refractivity contribution in [3.63, 3.8) is 0 Å². The monoisotopic (exact) mass is 448 g/mol. The van der Waals surface area contributed by atoms with Crippen LogP contribution in [-0.2, 0) is 6.54 Å². The smallest absolute Gasteiger partial charge is 0.317 e. The van der Waals surface area contributed by atoms with Gasteiger partial charge in [-0.2, -0.15) is 5.26 Å². The van der Waals surface area contributed by atoms with E-state index in [1.165, 1.54) is 16.9 Å². The number of rotatable bonds is 5. The number of urea groups is 1. The van der Waals surface area contributed by atoms with E-state index < -0.39 is 0 Å². The fourth-order valence-corrected chi connectivity index (χ4v) is 4.32. The Morgan fingerprint density at radius 1 is 1.22 bits per heavy atom. The molecule has 9 nitrogen and oxygen atoms in total. The van der Waals surface area contributed by atoms with Crippen molar-refractivity contribution in [3.05, 3.63) is 52.0 Å². The highest BCUT2D eigenvalue weighted by molar-refractivity contribution is 7.10. The molecule has 0 atom stereocenters. The van der Waals surface area contributed by atoms with Crippen LogP contribution in [0.2, 0.25) is 0 Å². The predicted molar refractivity (Wildman–Crippen MR) is 124 cm³/mol. The van der Waals surface area contributed by atoms with Crippen LogP contribution in [-0.4, -0.2) is 64.0 Å². The van der Waals surface area contributed by atoms with E-state index in [4.69, 9.17) is 0 Å². The number of carbonyl (C=O) groups is 1. The van der Waals surface area contributed by atoms with Crippen molar-refractivity contribution in [3.8, 4) is 17.5 Å². The van der Waals surface area contributed by atoms with Gasteiger partial charge in [0.05, 0.1) is 11.2 Å². The fraction of sp³-hybridized carbons (Fsp3) is 0.318. The van der Waals surface area contributed by atoms with Crippen LogP contribution in [0.5, 0.6) is 0 Å². The molecule has 1 aromatic carbocycles. The normalized spacial score (nSPS) is 14.1. The lowest BCUT2D eigenvalue weighted by Gasteiger charge is -2.34. The number of carbonyl (C=O) groups excluding carboxylic acids is 1. The molecular weight excluding hydrogens is 424 g/mol. The molecule has 2 N–H and O–H groups in total. The van der Waals surface area contributed by atoms with Crippen LogP contribution in [0.15, 0.2) is 36.0 Å². The molecule has 1 fully saturated rings. The fourth-order valence-electron chi connectivity index (χ4n) is 3.74. The number of aryl methyl sites for hydroxylation is 1. The van der Waals surface area contributed by atoms with E-state index in [9.17, 15) is 10.1 Å². The number of benzene rings is 1. The van der Waals surface area contributed by atoms with Gasteiger partial charge in [-0.25, -0.2) is 19.7 Å². The minimum Gasteiger partial charge on any atom is -0.341 e. The van der Waals surface area contributed by atoms with Crippen molar-refractivity contribution in [2.45, 2.75) is 13.5 Å². The number of thiazole rings is 1. The topological polar surface area (TPSA) is 110 Å². The molecule has 0 aliphatic carbocycles. The summed E-state index contributed by atoms with van der Waals surface area (Å²) >= 11 is 1.29. The summed E-state index contributed by atoms with van der Waals surface area (Å²) in [4.78, 5) is 29.6. The summed E-state index contributed by atoms with van der Waals surface area (Å²) in [7, 11) is 1.66. The van der Waals surface area contributed by atoms with Gasteiger partial charge in [-0.1, -0.05) is 6.07 Å². The van der Waals surface area contributed by atoms with Gasteiger partial charge in [-0.3, -0.25) is 4.90 Å². The Hall–Kier alpha value is -3.55. The number of hydrogen-bond donors (Lipinski definition) is 2. The molecule has 0 saturated carbocycles. The highest BCUT2D eigenvalue weighted by atomic mass is 32.1. The van der Waals surface area contributed by atoms with Crippen LogP contribution in [0.4, 0.5) is 16.4 Å². The Bertz CT molecular complexity index is 1150. The van der Waals surface area contributed by atoms with Gasteiger partial charge in [0.25, 0.3) is 0 Å². The Morgan fingerprint density at radius 3 is 2.78 bits per heavy atom. The van der Waals surface area contributed by atoms with Crippen molar-refractivity contribution < 1.29 is 4.79 Å². The van der Waals surface area contributed by atoms with Gasteiger partial charge in [0, 0.05) is 51.7 Å². The van der Waals surface area contributed by atoms with Crippen molar-refractivity contribution in [2.24, 2.45) is 0 Å². The van der Waals surface area contributed by atoms with Crippen molar-refractivity contribution in [1.29, 1.82) is 5.26 Å². The first-order valence-corrected chi connectivity index (χ1v) is 11.2. The van der Waals surface area contributed by atoms with Gasteiger partial charge < -0.3 is 15.5 Å². The molecule has 2 aromatic heterocycles. The lowest BCUT2D eigenvalue weighted by atomic mass is 10.1. The lowest BCUT2D eigenvalue weighted by Crippen LogP contribution is -2.50.